The third-order valence-corrected chi connectivity index (χ3v) is 19.8. The van der Waals surface area contributed by atoms with Crippen LogP contribution in [0, 0.1) is 17.8 Å². The van der Waals surface area contributed by atoms with Crippen LogP contribution in [0.5, 0.6) is 0 Å². The van der Waals surface area contributed by atoms with Crippen LogP contribution < -0.4 is 11.1 Å². The third kappa shape index (κ3) is 21.5. The summed E-state index contributed by atoms with van der Waals surface area (Å²) >= 11 is 0. The minimum atomic E-state index is -0.590. The van der Waals surface area contributed by atoms with E-state index in [1.54, 1.807) is 26.0 Å². The van der Waals surface area contributed by atoms with Crippen LogP contribution in [0.15, 0.2) is 30.3 Å². The lowest BCUT2D eigenvalue weighted by molar-refractivity contribution is -0.146. The quantitative estimate of drug-likeness (QED) is 0.285. The van der Waals surface area contributed by atoms with E-state index < -0.39 is 5.60 Å². The molecule has 7 amide bonds. The number of aliphatic hydroxyl groups is 1. The average molecular weight is 1190 g/mol. The molecule has 1 aromatic carbocycles. The highest BCUT2D eigenvalue weighted by Gasteiger charge is 2.39. The van der Waals surface area contributed by atoms with Crippen molar-refractivity contribution in [2.24, 2.45) is 23.5 Å². The van der Waals surface area contributed by atoms with E-state index in [0.717, 1.165) is 200 Å². The zero-order valence-electron chi connectivity index (χ0n) is 53.7. The van der Waals surface area contributed by atoms with Gasteiger partial charge in [-0.2, -0.15) is 0 Å². The number of nitrogens with zero attached hydrogens (tertiary/aromatic N) is 10. The molecule has 85 heavy (non-hydrogen) atoms. The number of likely N-dealkylation sites (tertiary alicyclic amines) is 9. The van der Waals surface area contributed by atoms with Crippen molar-refractivity contribution in [2.75, 3.05) is 148 Å². The molecular formula is C65H112N12O8. The largest absolute Gasteiger partial charge is 0.385 e. The second-order valence-corrected chi connectivity index (χ2v) is 26.5. The van der Waals surface area contributed by atoms with Gasteiger partial charge in [0.15, 0.2) is 0 Å². The van der Waals surface area contributed by atoms with Crippen molar-refractivity contribution in [3.05, 3.63) is 35.9 Å². The van der Waals surface area contributed by atoms with Gasteiger partial charge in [-0.15, -0.1) is 0 Å². The summed E-state index contributed by atoms with van der Waals surface area (Å²) in [4.78, 5) is 105. The van der Waals surface area contributed by atoms with Gasteiger partial charge in [-0.1, -0.05) is 30.3 Å². The van der Waals surface area contributed by atoms with E-state index in [9.17, 15) is 38.7 Å². The van der Waals surface area contributed by atoms with E-state index >= 15 is 0 Å². The summed E-state index contributed by atoms with van der Waals surface area (Å²) in [6.45, 7) is 14.2. The molecule has 480 valence electrons. The van der Waals surface area contributed by atoms with Gasteiger partial charge in [-0.05, 0) is 209 Å². The minimum Gasteiger partial charge on any atom is -0.385 e. The number of amides is 7. The molecule has 0 radical (unpaired) electrons. The second kappa shape index (κ2) is 34.7. The number of carbonyl (C=O) groups excluding carboxylic acids is 7. The van der Waals surface area contributed by atoms with Crippen molar-refractivity contribution in [1.29, 1.82) is 0 Å². The molecule has 9 saturated heterocycles. The van der Waals surface area contributed by atoms with Crippen LogP contribution in [-0.4, -0.2) is 268 Å². The first-order valence-corrected chi connectivity index (χ1v) is 32.8. The van der Waals surface area contributed by atoms with Crippen molar-refractivity contribution in [1.82, 2.24) is 54.3 Å². The van der Waals surface area contributed by atoms with Gasteiger partial charge >= 0.3 is 0 Å². The molecule has 9 aliphatic heterocycles. The fraction of sp³-hybridized carbons (Fsp3) is 0.800. The van der Waals surface area contributed by atoms with Crippen LogP contribution in [0.2, 0.25) is 0 Å². The maximum Gasteiger partial charge on any atom is 0.226 e. The smallest absolute Gasteiger partial charge is 0.226 e. The predicted molar refractivity (Wildman–Crippen MR) is 334 cm³/mol. The number of primary amides is 1. The molecule has 1 aromatic rings. The summed E-state index contributed by atoms with van der Waals surface area (Å²) in [7, 11) is 15.8. The van der Waals surface area contributed by atoms with Gasteiger partial charge in [0, 0.05) is 128 Å². The van der Waals surface area contributed by atoms with Crippen molar-refractivity contribution in [3.8, 4) is 0 Å². The summed E-state index contributed by atoms with van der Waals surface area (Å²) < 4.78 is 0. The Morgan fingerprint density at radius 2 is 0.847 bits per heavy atom. The topological polar surface area (TPSA) is 210 Å². The summed E-state index contributed by atoms with van der Waals surface area (Å²) in [5.41, 5.74) is 5.68. The molecule has 20 heteroatoms. The van der Waals surface area contributed by atoms with E-state index in [2.05, 4.69) is 74.9 Å². The first-order chi connectivity index (χ1) is 40.7. The molecule has 9 heterocycles. The molecule has 9 fully saturated rings. The molecule has 0 spiro atoms. The molecule has 9 aliphatic rings. The Hall–Kier alpha value is -4.73. The molecular weight excluding hydrogens is 1080 g/mol. The zero-order valence-corrected chi connectivity index (χ0v) is 53.7. The Bertz CT molecular complexity index is 2240. The normalized spacial score (nSPS) is 25.9. The second-order valence-electron chi connectivity index (χ2n) is 26.5. The monoisotopic (exact) mass is 1190 g/mol. The van der Waals surface area contributed by atoms with Gasteiger partial charge in [0.1, 0.15) is 0 Å². The Balaban J connectivity index is 0.000000171. The zero-order chi connectivity index (χ0) is 61.6. The van der Waals surface area contributed by atoms with Crippen LogP contribution in [0.4, 0.5) is 0 Å². The highest BCUT2D eigenvalue weighted by atomic mass is 16.3. The van der Waals surface area contributed by atoms with E-state index in [1.165, 1.54) is 19.3 Å². The van der Waals surface area contributed by atoms with Crippen LogP contribution in [-0.2, 0) is 39.2 Å². The Labute approximate surface area is 510 Å². The van der Waals surface area contributed by atoms with Crippen molar-refractivity contribution < 1.29 is 38.7 Å². The van der Waals surface area contributed by atoms with Crippen LogP contribution in [0.1, 0.15) is 147 Å². The standard InChI is InChI=1S/C15H27N3O2.C14H25N3O2.C13H23N3O2.C12H17NO.C11H20N2O/c1-16(2)14(19)11-12-5-4-8-18(15(12)20)13-6-9-17(3)10-7-13;1-15-13(18)10-11-4-3-7-17(14(11)19)12-5-8-16(2)9-6-12;1-15-7-4-11(5-8-15)16-6-2-3-10(13(16)18)9-12(14)17;1-13-9-7-12(14,8-10-13)11-5-3-2-4-6-11;1-12-8-5-10(6-9-12)13-7-3-2-4-11(13)14/h12-13H,4-11H2,1-3H3;11-12H,3-10H2,1-2H3,(H,15,18);10-11H,2-9H2,1H3,(H2,14,17);2-6,14H,7-10H2,1H3;10H,2-9H2,1H3. The first-order valence-electron chi connectivity index (χ1n) is 32.8. The van der Waals surface area contributed by atoms with Gasteiger partial charge in [-0.3, -0.25) is 33.6 Å². The predicted octanol–water partition coefficient (Wildman–Crippen LogP) is 4.14. The van der Waals surface area contributed by atoms with Gasteiger partial charge in [0.2, 0.25) is 41.4 Å². The lowest BCUT2D eigenvalue weighted by Gasteiger charge is -2.41. The van der Waals surface area contributed by atoms with Crippen molar-refractivity contribution >= 4 is 41.4 Å². The van der Waals surface area contributed by atoms with E-state index in [-0.39, 0.29) is 59.6 Å². The lowest BCUT2D eigenvalue weighted by Crippen LogP contribution is -2.51. The number of benzene rings is 1. The summed E-state index contributed by atoms with van der Waals surface area (Å²) in [6.07, 6.45) is 20.0. The number of rotatable bonds is 11. The van der Waals surface area contributed by atoms with E-state index in [0.29, 0.717) is 42.9 Å². The number of hydrogen-bond donors (Lipinski definition) is 3. The third-order valence-electron chi connectivity index (χ3n) is 19.8. The van der Waals surface area contributed by atoms with Gasteiger partial charge < -0.3 is 65.2 Å². The Kier molecular flexibility index (Phi) is 28.3. The lowest BCUT2D eigenvalue weighted by atomic mass is 9.85. The van der Waals surface area contributed by atoms with E-state index in [4.69, 9.17) is 5.73 Å². The summed E-state index contributed by atoms with van der Waals surface area (Å²) in [5, 5.41) is 13.1. The average Bonchev–Trinajstić information content (AvgIpc) is 3.60. The van der Waals surface area contributed by atoms with Gasteiger partial charge in [-0.25, -0.2) is 0 Å². The van der Waals surface area contributed by atoms with E-state index in [1.807, 2.05) is 40.1 Å². The number of nitrogens with two attached hydrogens (primary N) is 1. The van der Waals surface area contributed by atoms with Crippen LogP contribution >= 0.6 is 0 Å². The molecule has 0 aliphatic carbocycles. The fourth-order valence-corrected chi connectivity index (χ4v) is 14.0. The van der Waals surface area contributed by atoms with Crippen molar-refractivity contribution in [3.63, 3.8) is 0 Å². The highest BCUT2D eigenvalue weighted by Crippen LogP contribution is 2.33. The molecule has 10 rings (SSSR count). The number of piperidine rings is 9. The van der Waals surface area contributed by atoms with Crippen LogP contribution in [0.3, 0.4) is 0 Å². The molecule has 0 aromatic heterocycles. The molecule has 4 N–H and O–H groups in total. The molecule has 3 unspecified atom stereocenters. The number of hydrogen-bond acceptors (Lipinski definition) is 13. The molecule has 0 bridgehead atoms. The molecule has 20 nitrogen and oxygen atoms in total. The van der Waals surface area contributed by atoms with Gasteiger partial charge in [0.25, 0.3) is 0 Å². The number of nitrogens with one attached hydrogen (secondary N) is 1. The molecule has 3 atom stereocenters. The summed E-state index contributed by atoms with van der Waals surface area (Å²) in [5.74, 6) is 0.254. The SMILES string of the molecule is CN1CCC(N2CCCC(CC(=O)N(C)C)C2=O)CC1.CN1CCC(N2CCCC(CC(N)=O)C2=O)CC1.CN1CCC(N2CCCCC2=O)CC1.CN1CCC(O)(c2ccccc2)CC1.CNC(=O)CC1CCCN(C2CCN(C)CC2)C1=O. The van der Waals surface area contributed by atoms with Crippen molar-refractivity contribution in [2.45, 2.75) is 171 Å². The van der Waals surface area contributed by atoms with Crippen LogP contribution in [0.25, 0.3) is 0 Å². The maximum absolute atomic E-state index is 12.6. The molecule has 0 saturated carbocycles. The Morgan fingerprint density at radius 1 is 0.494 bits per heavy atom. The number of carbonyl (C=O) groups is 7. The summed E-state index contributed by atoms with van der Waals surface area (Å²) in [6, 6.07) is 11.7. The fourth-order valence-electron chi connectivity index (χ4n) is 14.0. The Morgan fingerprint density at radius 3 is 1.21 bits per heavy atom. The first kappa shape index (κ1) is 69.4. The highest BCUT2D eigenvalue weighted by molar-refractivity contribution is 5.87. The minimum absolute atomic E-state index is 0.0245. The maximum atomic E-state index is 12.6. The van der Waals surface area contributed by atoms with Gasteiger partial charge in [0.05, 0.1) is 5.60 Å².